The summed E-state index contributed by atoms with van der Waals surface area (Å²) in [7, 11) is 1.63. The maximum atomic E-state index is 11.1. The molecule has 0 aliphatic rings. The lowest BCUT2D eigenvalue weighted by Crippen LogP contribution is -2.25. The molecule has 5 nitrogen and oxygen atoms in total. The van der Waals surface area contributed by atoms with Gasteiger partial charge in [-0.1, -0.05) is 70.2 Å². The maximum absolute atomic E-state index is 11.1. The molecular weight excluding hydrogens is 504 g/mol. The number of benzene rings is 2. The van der Waals surface area contributed by atoms with Gasteiger partial charge in [0.25, 0.3) is 0 Å². The predicted molar refractivity (Wildman–Crippen MR) is 164 cm³/mol. The fourth-order valence-electron chi connectivity index (χ4n) is 3.90. The number of esters is 1. The van der Waals surface area contributed by atoms with Crippen molar-refractivity contribution in [3.63, 3.8) is 0 Å². The number of para-hydroxylation sites is 1. The van der Waals surface area contributed by atoms with Crippen LogP contribution in [-0.4, -0.2) is 34.0 Å². The lowest BCUT2D eigenvalue weighted by atomic mass is 9.91. The van der Waals surface area contributed by atoms with Crippen molar-refractivity contribution in [3.05, 3.63) is 78.6 Å². The first-order valence-corrected chi connectivity index (χ1v) is 14.3. The number of hydrogen-bond donors (Lipinski definition) is 0. The first kappa shape index (κ1) is 30.3. The highest BCUT2D eigenvalue weighted by molar-refractivity contribution is 8.00. The van der Waals surface area contributed by atoms with Gasteiger partial charge in [0.05, 0.1) is 19.1 Å². The second-order valence-corrected chi connectivity index (χ2v) is 13.0. The minimum absolute atomic E-state index is 0.0995. The molecule has 0 aliphatic carbocycles. The van der Waals surface area contributed by atoms with E-state index in [-0.39, 0.29) is 16.1 Å². The van der Waals surface area contributed by atoms with Gasteiger partial charge in [0, 0.05) is 51.1 Å². The number of fused-ring (bicyclic) bond motifs is 1. The van der Waals surface area contributed by atoms with Crippen LogP contribution in [0.5, 0.6) is 5.88 Å². The molecule has 39 heavy (non-hydrogen) atoms. The van der Waals surface area contributed by atoms with E-state index in [4.69, 9.17) is 9.47 Å². The summed E-state index contributed by atoms with van der Waals surface area (Å²) in [4.78, 5) is 16.7. The van der Waals surface area contributed by atoms with Crippen molar-refractivity contribution in [3.8, 4) is 17.0 Å². The Labute approximate surface area is 237 Å². The second-order valence-electron chi connectivity index (χ2n) is 11.1. The van der Waals surface area contributed by atoms with Gasteiger partial charge in [-0.15, -0.1) is 11.8 Å². The van der Waals surface area contributed by atoms with Crippen LogP contribution in [0.2, 0.25) is 0 Å². The Morgan fingerprint density at radius 1 is 0.923 bits per heavy atom. The van der Waals surface area contributed by atoms with Crippen LogP contribution >= 0.6 is 11.8 Å². The summed E-state index contributed by atoms with van der Waals surface area (Å²) < 4.78 is 12.5. The molecule has 208 valence electrons. The van der Waals surface area contributed by atoms with Gasteiger partial charge in [0.1, 0.15) is 0 Å². The van der Waals surface area contributed by atoms with Gasteiger partial charge in [-0.3, -0.25) is 4.79 Å². The second kappa shape index (κ2) is 13.2. The van der Waals surface area contributed by atoms with Crippen molar-refractivity contribution >= 4 is 28.6 Å². The van der Waals surface area contributed by atoms with Crippen LogP contribution in [0.15, 0.2) is 78.0 Å². The average molecular weight is 547 g/mol. The third-order valence-corrected chi connectivity index (χ3v) is 7.62. The lowest BCUT2D eigenvalue weighted by molar-refractivity contribution is -0.153. The summed E-state index contributed by atoms with van der Waals surface area (Å²) in [6, 6.07) is 21.3. The van der Waals surface area contributed by atoms with Gasteiger partial charge < -0.3 is 14.0 Å². The van der Waals surface area contributed by atoms with E-state index in [1.165, 1.54) is 21.4 Å². The summed E-state index contributed by atoms with van der Waals surface area (Å²) in [6.45, 7) is 15.7. The Morgan fingerprint density at radius 3 is 2.15 bits per heavy atom. The molecule has 0 fully saturated rings. The van der Waals surface area contributed by atoms with Crippen molar-refractivity contribution in [2.75, 3.05) is 13.7 Å². The molecule has 0 saturated carbocycles. The Balaban J connectivity index is 0.000000360. The normalized spacial score (nSPS) is 11.6. The molecule has 6 heteroatoms. The van der Waals surface area contributed by atoms with Gasteiger partial charge in [-0.25, -0.2) is 4.98 Å². The molecule has 4 aromatic rings. The molecule has 2 aromatic heterocycles. The first-order chi connectivity index (χ1) is 18.5. The summed E-state index contributed by atoms with van der Waals surface area (Å²) in [6.07, 6.45) is 4.97. The number of thioether (sulfide) groups is 1. The van der Waals surface area contributed by atoms with Crippen molar-refractivity contribution in [2.45, 2.75) is 71.1 Å². The highest BCUT2D eigenvalue weighted by Crippen LogP contribution is 2.38. The van der Waals surface area contributed by atoms with Crippen molar-refractivity contribution in [1.82, 2.24) is 9.55 Å². The Kier molecular flexibility index (Phi) is 10.3. The van der Waals surface area contributed by atoms with E-state index in [9.17, 15) is 4.79 Å². The van der Waals surface area contributed by atoms with E-state index < -0.39 is 0 Å². The highest BCUT2D eigenvalue weighted by atomic mass is 32.2. The standard InChI is InChI=1S/C25H26N2OS.C8H16O2/c1-25(2,3)29-23-17-27(22-8-6-5-7-21(22)23)16-18-9-11-19(12-10-18)20-13-14-24(28-4)26-15-20;1-5-8(3,4)7(9)10-6-2/h5-15,17H,16H2,1-4H3;5-6H2,1-4H3. The number of carbonyl (C=O) groups excluding carboxylic acids is 1. The minimum Gasteiger partial charge on any atom is -0.481 e. The summed E-state index contributed by atoms with van der Waals surface area (Å²) in [5.41, 5.74) is 4.50. The van der Waals surface area contributed by atoms with Crippen molar-refractivity contribution < 1.29 is 14.3 Å². The Morgan fingerprint density at radius 2 is 1.59 bits per heavy atom. The van der Waals surface area contributed by atoms with E-state index in [1.807, 2.05) is 57.8 Å². The van der Waals surface area contributed by atoms with E-state index in [2.05, 4.69) is 85.1 Å². The zero-order chi connectivity index (χ0) is 28.6. The third kappa shape index (κ3) is 8.37. The van der Waals surface area contributed by atoms with Crippen LogP contribution in [0.25, 0.3) is 22.0 Å². The van der Waals surface area contributed by atoms with Crippen LogP contribution in [-0.2, 0) is 16.1 Å². The highest BCUT2D eigenvalue weighted by Gasteiger charge is 2.26. The molecule has 0 aliphatic heterocycles. The zero-order valence-electron chi connectivity index (χ0n) is 24.6. The van der Waals surface area contributed by atoms with Gasteiger partial charge in [-0.2, -0.15) is 0 Å². The van der Waals surface area contributed by atoms with Crippen LogP contribution in [0, 0.1) is 5.41 Å². The third-order valence-electron chi connectivity index (χ3n) is 6.47. The van der Waals surface area contributed by atoms with E-state index in [1.54, 1.807) is 7.11 Å². The molecule has 0 atom stereocenters. The van der Waals surface area contributed by atoms with E-state index in [0.717, 1.165) is 24.1 Å². The molecular formula is C33H42N2O3S. The molecule has 0 spiro atoms. The summed E-state index contributed by atoms with van der Waals surface area (Å²) in [5, 5.41) is 1.33. The number of carbonyl (C=O) groups is 1. The van der Waals surface area contributed by atoms with E-state index >= 15 is 0 Å². The minimum atomic E-state index is -0.310. The smallest absolute Gasteiger partial charge is 0.311 e. The lowest BCUT2D eigenvalue weighted by Gasteiger charge is -2.19. The molecule has 2 aromatic carbocycles. The number of nitrogens with zero attached hydrogens (tertiary/aromatic N) is 2. The van der Waals surface area contributed by atoms with Crippen LogP contribution in [0.4, 0.5) is 0 Å². The van der Waals surface area contributed by atoms with Gasteiger partial charge in [0.2, 0.25) is 5.88 Å². The zero-order valence-corrected chi connectivity index (χ0v) is 25.4. The van der Waals surface area contributed by atoms with E-state index in [0.29, 0.717) is 12.5 Å². The van der Waals surface area contributed by atoms with Gasteiger partial charge in [-0.05, 0) is 50.5 Å². The summed E-state index contributed by atoms with van der Waals surface area (Å²) >= 11 is 1.93. The molecule has 0 saturated heterocycles. The number of ether oxygens (including phenoxy) is 2. The number of methoxy groups -OCH3 is 1. The largest absolute Gasteiger partial charge is 0.481 e. The van der Waals surface area contributed by atoms with Crippen molar-refractivity contribution in [2.24, 2.45) is 5.41 Å². The first-order valence-electron chi connectivity index (χ1n) is 13.5. The average Bonchev–Trinajstić information content (AvgIpc) is 3.25. The van der Waals surface area contributed by atoms with Crippen LogP contribution in [0.1, 0.15) is 60.5 Å². The quantitative estimate of drug-likeness (QED) is 0.163. The predicted octanol–water partition coefficient (Wildman–Crippen LogP) is 8.64. The maximum Gasteiger partial charge on any atom is 0.311 e. The summed E-state index contributed by atoms with van der Waals surface area (Å²) in [5.74, 6) is 0.534. The molecule has 0 radical (unpaired) electrons. The number of rotatable bonds is 8. The Hall–Kier alpha value is -3.25. The van der Waals surface area contributed by atoms with Gasteiger partial charge in [0.15, 0.2) is 0 Å². The molecule has 0 amide bonds. The van der Waals surface area contributed by atoms with Crippen LogP contribution in [0.3, 0.4) is 0 Å². The molecule has 0 unspecified atom stereocenters. The molecule has 4 rings (SSSR count). The SMILES string of the molecule is CCOC(=O)C(C)(C)CC.COc1ccc(-c2ccc(Cn3cc(SC(C)(C)C)c4ccccc43)cc2)cn1. The number of pyridine rings is 1. The fraction of sp³-hybridized carbons (Fsp3) is 0.394. The number of aromatic nitrogens is 2. The molecule has 0 bridgehead atoms. The van der Waals surface area contributed by atoms with Crippen molar-refractivity contribution in [1.29, 1.82) is 0 Å². The monoisotopic (exact) mass is 546 g/mol. The van der Waals surface area contributed by atoms with Crippen LogP contribution < -0.4 is 4.74 Å². The molecule has 0 N–H and O–H groups in total. The Bertz CT molecular complexity index is 1350. The molecule has 2 heterocycles. The van der Waals surface area contributed by atoms with Gasteiger partial charge >= 0.3 is 5.97 Å². The topological polar surface area (TPSA) is 53.4 Å². The fourth-order valence-corrected chi connectivity index (χ4v) is 5.02. The number of hydrogen-bond acceptors (Lipinski definition) is 5.